The highest BCUT2D eigenvalue weighted by molar-refractivity contribution is 7.91. The second-order valence-electron chi connectivity index (χ2n) is 5.72. The van der Waals surface area contributed by atoms with E-state index in [0.717, 1.165) is 0 Å². The summed E-state index contributed by atoms with van der Waals surface area (Å²) in [6, 6.07) is 7.00. The number of hydrogen-bond donors (Lipinski definition) is 2. The molecule has 1 fully saturated rings. The van der Waals surface area contributed by atoms with Gasteiger partial charge in [0, 0.05) is 18.2 Å². The number of nitrogens with zero attached hydrogens (tertiary/aromatic N) is 2. The Labute approximate surface area is 146 Å². The van der Waals surface area contributed by atoms with Gasteiger partial charge >= 0.3 is 0 Å². The SMILES string of the molecule is COc1ccc(OC)c(Nc2cc(NC3CCS(=O)(=O)C3)ncn2)c1. The average molecular weight is 364 g/mol. The van der Waals surface area contributed by atoms with E-state index in [1.807, 2.05) is 0 Å². The fourth-order valence-electron chi connectivity index (χ4n) is 2.67. The van der Waals surface area contributed by atoms with E-state index in [-0.39, 0.29) is 17.5 Å². The third kappa shape index (κ3) is 4.30. The van der Waals surface area contributed by atoms with Crippen molar-refractivity contribution in [3.63, 3.8) is 0 Å². The minimum Gasteiger partial charge on any atom is -0.497 e. The molecule has 0 aliphatic carbocycles. The topological polar surface area (TPSA) is 102 Å². The lowest BCUT2D eigenvalue weighted by atomic mass is 10.2. The first kappa shape index (κ1) is 17.3. The molecule has 8 nitrogen and oxygen atoms in total. The molecule has 9 heteroatoms. The monoisotopic (exact) mass is 364 g/mol. The van der Waals surface area contributed by atoms with Crippen LogP contribution in [-0.2, 0) is 9.84 Å². The molecule has 2 N–H and O–H groups in total. The minimum atomic E-state index is -2.94. The van der Waals surface area contributed by atoms with Crippen LogP contribution >= 0.6 is 0 Å². The lowest BCUT2D eigenvalue weighted by Gasteiger charge is -2.14. The first-order chi connectivity index (χ1) is 12.0. The highest BCUT2D eigenvalue weighted by Gasteiger charge is 2.27. The van der Waals surface area contributed by atoms with Crippen molar-refractivity contribution in [1.29, 1.82) is 0 Å². The van der Waals surface area contributed by atoms with Gasteiger partial charge in [-0.2, -0.15) is 0 Å². The van der Waals surface area contributed by atoms with Crippen LogP contribution in [0.2, 0.25) is 0 Å². The van der Waals surface area contributed by atoms with Gasteiger partial charge in [-0.1, -0.05) is 0 Å². The van der Waals surface area contributed by atoms with Crippen LogP contribution in [0.25, 0.3) is 0 Å². The first-order valence-electron chi connectivity index (χ1n) is 7.77. The van der Waals surface area contributed by atoms with Crippen molar-refractivity contribution in [2.45, 2.75) is 12.5 Å². The van der Waals surface area contributed by atoms with E-state index in [2.05, 4.69) is 20.6 Å². The van der Waals surface area contributed by atoms with Gasteiger partial charge in [-0.25, -0.2) is 18.4 Å². The Hall–Kier alpha value is -2.55. The van der Waals surface area contributed by atoms with Crippen LogP contribution in [-0.4, -0.2) is 50.2 Å². The zero-order valence-electron chi connectivity index (χ0n) is 14.0. The van der Waals surface area contributed by atoms with Crippen LogP contribution < -0.4 is 20.1 Å². The third-order valence-corrected chi connectivity index (χ3v) is 5.69. The Kier molecular flexibility index (Phi) is 4.93. The van der Waals surface area contributed by atoms with Gasteiger partial charge in [-0.05, 0) is 18.6 Å². The van der Waals surface area contributed by atoms with E-state index in [0.29, 0.717) is 35.2 Å². The van der Waals surface area contributed by atoms with Gasteiger partial charge in [0.25, 0.3) is 0 Å². The van der Waals surface area contributed by atoms with Crippen LogP contribution in [0, 0.1) is 0 Å². The lowest BCUT2D eigenvalue weighted by molar-refractivity contribution is 0.405. The van der Waals surface area contributed by atoms with Gasteiger partial charge in [0.15, 0.2) is 9.84 Å². The molecule has 3 rings (SSSR count). The quantitative estimate of drug-likeness (QED) is 0.800. The summed E-state index contributed by atoms with van der Waals surface area (Å²) in [5.74, 6) is 2.81. The predicted octanol–water partition coefficient (Wildman–Crippen LogP) is 1.84. The van der Waals surface area contributed by atoms with Crippen LogP contribution in [0.1, 0.15) is 6.42 Å². The molecule has 1 atom stereocenters. The summed E-state index contributed by atoms with van der Waals surface area (Å²) in [6.07, 6.45) is 2.00. The minimum absolute atomic E-state index is 0.126. The largest absolute Gasteiger partial charge is 0.497 e. The van der Waals surface area contributed by atoms with Crippen molar-refractivity contribution in [2.75, 3.05) is 36.4 Å². The normalized spacial score (nSPS) is 18.6. The number of hydrogen-bond acceptors (Lipinski definition) is 8. The molecule has 1 aromatic carbocycles. The Morgan fingerprint density at radius 2 is 1.92 bits per heavy atom. The van der Waals surface area contributed by atoms with E-state index < -0.39 is 9.84 Å². The van der Waals surface area contributed by atoms with Gasteiger partial charge in [-0.15, -0.1) is 0 Å². The molecule has 1 unspecified atom stereocenters. The number of benzene rings is 1. The van der Waals surface area contributed by atoms with Gasteiger partial charge < -0.3 is 20.1 Å². The highest BCUT2D eigenvalue weighted by Crippen LogP contribution is 2.31. The van der Waals surface area contributed by atoms with Crippen molar-refractivity contribution in [2.24, 2.45) is 0 Å². The Balaban J connectivity index is 1.76. The molecule has 134 valence electrons. The van der Waals surface area contributed by atoms with E-state index in [4.69, 9.17) is 9.47 Å². The van der Waals surface area contributed by atoms with Crippen molar-refractivity contribution in [3.05, 3.63) is 30.6 Å². The number of rotatable bonds is 6. The van der Waals surface area contributed by atoms with Crippen LogP contribution in [0.5, 0.6) is 11.5 Å². The molecule has 1 aliphatic rings. The molecule has 2 heterocycles. The lowest BCUT2D eigenvalue weighted by Crippen LogP contribution is -2.21. The number of aromatic nitrogens is 2. The Morgan fingerprint density at radius 1 is 1.12 bits per heavy atom. The van der Waals surface area contributed by atoms with Gasteiger partial charge in [0.05, 0.1) is 31.4 Å². The van der Waals surface area contributed by atoms with Gasteiger partial charge in [0.2, 0.25) is 0 Å². The average Bonchev–Trinajstić information content (AvgIpc) is 2.93. The van der Waals surface area contributed by atoms with Gasteiger partial charge in [0.1, 0.15) is 29.5 Å². The maximum absolute atomic E-state index is 11.6. The van der Waals surface area contributed by atoms with Gasteiger partial charge in [-0.3, -0.25) is 0 Å². The summed E-state index contributed by atoms with van der Waals surface area (Å²) < 4.78 is 33.7. The zero-order chi connectivity index (χ0) is 17.9. The molecule has 2 aromatic rings. The fourth-order valence-corrected chi connectivity index (χ4v) is 4.35. The third-order valence-electron chi connectivity index (χ3n) is 3.92. The molecule has 1 saturated heterocycles. The summed E-state index contributed by atoms with van der Waals surface area (Å²) in [5, 5.41) is 6.31. The molecule has 0 radical (unpaired) electrons. The molecular formula is C16H20N4O4S. The second kappa shape index (κ2) is 7.14. The molecule has 1 aliphatic heterocycles. The molecule has 0 saturated carbocycles. The van der Waals surface area contributed by atoms with Crippen LogP contribution in [0.4, 0.5) is 17.3 Å². The van der Waals surface area contributed by atoms with Crippen molar-refractivity contribution >= 4 is 27.2 Å². The maximum Gasteiger partial charge on any atom is 0.152 e. The molecule has 0 spiro atoms. The van der Waals surface area contributed by atoms with E-state index in [9.17, 15) is 8.42 Å². The number of sulfone groups is 1. The molecule has 0 bridgehead atoms. The number of anilines is 3. The summed E-state index contributed by atoms with van der Waals surface area (Å²) >= 11 is 0. The Bertz CT molecular complexity index is 857. The summed E-state index contributed by atoms with van der Waals surface area (Å²) in [5.41, 5.74) is 0.704. The van der Waals surface area contributed by atoms with E-state index in [1.54, 1.807) is 38.5 Å². The summed E-state index contributed by atoms with van der Waals surface area (Å²) in [4.78, 5) is 8.35. The summed E-state index contributed by atoms with van der Waals surface area (Å²) in [6.45, 7) is 0. The second-order valence-corrected chi connectivity index (χ2v) is 7.95. The number of methoxy groups -OCH3 is 2. The smallest absolute Gasteiger partial charge is 0.152 e. The molecule has 25 heavy (non-hydrogen) atoms. The van der Waals surface area contributed by atoms with E-state index in [1.165, 1.54) is 6.33 Å². The maximum atomic E-state index is 11.6. The predicted molar refractivity (Wildman–Crippen MR) is 95.5 cm³/mol. The number of nitrogens with one attached hydrogen (secondary N) is 2. The van der Waals surface area contributed by atoms with Crippen molar-refractivity contribution in [3.8, 4) is 11.5 Å². The fraction of sp³-hybridized carbons (Fsp3) is 0.375. The van der Waals surface area contributed by atoms with E-state index >= 15 is 0 Å². The van der Waals surface area contributed by atoms with Crippen molar-refractivity contribution < 1.29 is 17.9 Å². The van der Waals surface area contributed by atoms with Crippen molar-refractivity contribution in [1.82, 2.24) is 9.97 Å². The van der Waals surface area contributed by atoms with Crippen LogP contribution in [0.15, 0.2) is 30.6 Å². The molecular weight excluding hydrogens is 344 g/mol. The first-order valence-corrected chi connectivity index (χ1v) is 9.59. The molecule has 1 aromatic heterocycles. The summed E-state index contributed by atoms with van der Waals surface area (Å²) in [7, 11) is 0.232. The zero-order valence-corrected chi connectivity index (χ0v) is 14.8. The molecule has 0 amide bonds. The highest BCUT2D eigenvalue weighted by atomic mass is 32.2. The Morgan fingerprint density at radius 3 is 2.60 bits per heavy atom. The standard InChI is InChI=1S/C16H20N4O4S/c1-23-12-3-4-14(24-2)13(7-12)20-16-8-15(17-10-18-16)19-11-5-6-25(21,22)9-11/h3-4,7-8,10-11H,5-6,9H2,1-2H3,(H2,17,18,19,20). The number of ether oxygens (including phenoxy) is 2. The van der Waals surface area contributed by atoms with Crippen LogP contribution in [0.3, 0.4) is 0 Å².